The van der Waals surface area contributed by atoms with E-state index in [1.54, 1.807) is 46.6 Å². The molecule has 1 aromatic heterocycles. The monoisotopic (exact) mass is 472 g/mol. The van der Waals surface area contributed by atoms with Gasteiger partial charge in [0, 0.05) is 36.6 Å². The van der Waals surface area contributed by atoms with Crippen LogP contribution < -0.4 is 9.47 Å². The second-order valence-electron chi connectivity index (χ2n) is 7.35. The van der Waals surface area contributed by atoms with Crippen molar-refractivity contribution in [1.82, 2.24) is 9.80 Å². The molecule has 0 saturated carbocycles. The van der Waals surface area contributed by atoms with Gasteiger partial charge >= 0.3 is 6.61 Å². The van der Waals surface area contributed by atoms with Crippen LogP contribution in [0.25, 0.3) is 0 Å². The summed E-state index contributed by atoms with van der Waals surface area (Å²) in [5, 5.41) is 1.98. The minimum Gasteiger partial charge on any atom is -0.488 e. The first-order valence-electron chi connectivity index (χ1n) is 10.4. The molecule has 0 bridgehead atoms. The van der Waals surface area contributed by atoms with E-state index in [1.165, 1.54) is 23.1 Å². The van der Waals surface area contributed by atoms with Gasteiger partial charge < -0.3 is 19.3 Å². The smallest absolute Gasteiger partial charge is 0.387 e. The van der Waals surface area contributed by atoms with E-state index >= 15 is 0 Å². The number of carbonyl (C=O) groups excluding carboxylic acids is 2. The standard InChI is InChI=1S/C24H22F2N2O4S/c25-24(26)32-21-9-2-1-8-20(21)23(30)28-12-10-27(11-13-28)22(29)17-5-3-6-18(15-17)31-16-19-7-4-14-33-19/h1-9,14-15,24H,10-13,16H2. The van der Waals surface area contributed by atoms with Crippen molar-refractivity contribution in [3.63, 3.8) is 0 Å². The highest BCUT2D eigenvalue weighted by Crippen LogP contribution is 2.23. The van der Waals surface area contributed by atoms with Crippen LogP contribution >= 0.6 is 11.3 Å². The summed E-state index contributed by atoms with van der Waals surface area (Å²) in [4.78, 5) is 30.1. The van der Waals surface area contributed by atoms with Crippen LogP contribution in [-0.2, 0) is 6.61 Å². The average Bonchev–Trinajstić information content (AvgIpc) is 3.36. The molecule has 4 rings (SSSR count). The lowest BCUT2D eigenvalue weighted by atomic mass is 10.1. The number of rotatable bonds is 7. The van der Waals surface area contributed by atoms with Crippen LogP contribution in [0.1, 0.15) is 25.6 Å². The van der Waals surface area contributed by atoms with E-state index in [9.17, 15) is 18.4 Å². The van der Waals surface area contributed by atoms with Gasteiger partial charge in [-0.25, -0.2) is 0 Å². The van der Waals surface area contributed by atoms with Crippen molar-refractivity contribution in [2.45, 2.75) is 13.2 Å². The van der Waals surface area contributed by atoms with E-state index in [0.717, 1.165) is 4.88 Å². The maximum absolute atomic E-state index is 13.0. The number of amides is 2. The van der Waals surface area contributed by atoms with E-state index in [2.05, 4.69) is 4.74 Å². The first-order valence-corrected chi connectivity index (χ1v) is 11.3. The Labute approximate surface area is 194 Å². The molecule has 33 heavy (non-hydrogen) atoms. The first-order chi connectivity index (χ1) is 16.0. The van der Waals surface area contributed by atoms with E-state index < -0.39 is 12.5 Å². The quantitative estimate of drug-likeness (QED) is 0.507. The number of hydrogen-bond donors (Lipinski definition) is 0. The summed E-state index contributed by atoms with van der Waals surface area (Å²) < 4.78 is 35.6. The second kappa shape index (κ2) is 10.4. The first kappa shape index (κ1) is 22.7. The van der Waals surface area contributed by atoms with E-state index in [1.807, 2.05) is 17.5 Å². The zero-order valence-electron chi connectivity index (χ0n) is 17.7. The highest BCUT2D eigenvalue weighted by molar-refractivity contribution is 7.09. The Morgan fingerprint density at radius 3 is 2.33 bits per heavy atom. The molecule has 1 saturated heterocycles. The molecule has 0 spiro atoms. The van der Waals surface area contributed by atoms with Crippen molar-refractivity contribution in [1.29, 1.82) is 0 Å². The highest BCUT2D eigenvalue weighted by Gasteiger charge is 2.27. The molecule has 2 aromatic carbocycles. The maximum atomic E-state index is 13.0. The van der Waals surface area contributed by atoms with Gasteiger partial charge in [0.05, 0.1) is 5.56 Å². The Bertz CT molecular complexity index is 1100. The number of piperazine rings is 1. The fraction of sp³-hybridized carbons (Fsp3) is 0.250. The van der Waals surface area contributed by atoms with Crippen molar-refractivity contribution in [3.05, 3.63) is 82.0 Å². The largest absolute Gasteiger partial charge is 0.488 e. The lowest BCUT2D eigenvalue weighted by Gasteiger charge is -2.35. The Kier molecular flexibility index (Phi) is 7.19. The van der Waals surface area contributed by atoms with Gasteiger partial charge in [0.1, 0.15) is 18.1 Å². The van der Waals surface area contributed by atoms with Crippen molar-refractivity contribution < 1.29 is 27.8 Å². The number of ether oxygens (including phenoxy) is 2. The maximum Gasteiger partial charge on any atom is 0.387 e. The zero-order valence-corrected chi connectivity index (χ0v) is 18.5. The summed E-state index contributed by atoms with van der Waals surface area (Å²) in [7, 11) is 0. The Morgan fingerprint density at radius 1 is 0.909 bits per heavy atom. The summed E-state index contributed by atoms with van der Waals surface area (Å²) in [6.45, 7) is -1.32. The van der Waals surface area contributed by atoms with Gasteiger partial charge in [-0.2, -0.15) is 8.78 Å². The van der Waals surface area contributed by atoms with Crippen molar-refractivity contribution in [2.75, 3.05) is 26.2 Å². The molecule has 172 valence electrons. The Morgan fingerprint density at radius 2 is 1.64 bits per heavy atom. The van der Waals surface area contributed by atoms with Crippen LogP contribution in [-0.4, -0.2) is 54.4 Å². The number of para-hydroxylation sites is 1. The number of nitrogens with zero attached hydrogens (tertiary/aromatic N) is 2. The third-order valence-corrected chi connectivity index (χ3v) is 6.08. The SMILES string of the molecule is O=C(c1cccc(OCc2cccs2)c1)N1CCN(C(=O)c2ccccc2OC(F)F)CC1. The van der Waals surface area contributed by atoms with E-state index in [-0.39, 0.29) is 17.2 Å². The molecule has 0 atom stereocenters. The summed E-state index contributed by atoms with van der Waals surface area (Å²) in [6.07, 6.45) is 0. The number of benzene rings is 2. The van der Waals surface area contributed by atoms with Gasteiger partial charge in [-0.15, -0.1) is 11.3 Å². The fourth-order valence-electron chi connectivity index (χ4n) is 3.58. The van der Waals surface area contributed by atoms with Gasteiger partial charge in [-0.3, -0.25) is 9.59 Å². The highest BCUT2D eigenvalue weighted by atomic mass is 32.1. The summed E-state index contributed by atoms with van der Waals surface area (Å²) in [5.74, 6) is -0.0958. The third kappa shape index (κ3) is 5.67. The predicted molar refractivity (Wildman–Crippen MR) is 120 cm³/mol. The lowest BCUT2D eigenvalue weighted by Crippen LogP contribution is -2.50. The topological polar surface area (TPSA) is 59.1 Å². The minimum atomic E-state index is -3.02. The fourth-order valence-corrected chi connectivity index (χ4v) is 4.19. The van der Waals surface area contributed by atoms with E-state index in [0.29, 0.717) is 44.1 Å². The molecule has 0 unspecified atom stereocenters. The minimum absolute atomic E-state index is 0.0770. The molecule has 0 radical (unpaired) electrons. The Hall–Kier alpha value is -3.46. The lowest BCUT2D eigenvalue weighted by molar-refractivity contribution is -0.0503. The van der Waals surface area contributed by atoms with Gasteiger partial charge in [0.2, 0.25) is 0 Å². The van der Waals surface area contributed by atoms with E-state index in [4.69, 9.17) is 4.74 Å². The third-order valence-electron chi connectivity index (χ3n) is 5.23. The van der Waals surface area contributed by atoms with Crippen molar-refractivity contribution in [2.24, 2.45) is 0 Å². The average molecular weight is 473 g/mol. The van der Waals surface area contributed by atoms with Crippen LogP contribution in [0.15, 0.2) is 66.0 Å². The normalized spacial score (nSPS) is 13.8. The second-order valence-corrected chi connectivity index (χ2v) is 8.39. The van der Waals surface area contributed by atoms with Crippen LogP contribution in [0, 0.1) is 0 Å². The predicted octanol–water partition coefficient (Wildman–Crippen LogP) is 4.53. The Balaban J connectivity index is 1.36. The summed E-state index contributed by atoms with van der Waals surface area (Å²) in [6, 6.07) is 16.9. The molecule has 1 aliphatic heterocycles. The van der Waals surface area contributed by atoms with Crippen LogP contribution in [0.4, 0.5) is 8.78 Å². The number of thiophene rings is 1. The molecule has 3 aromatic rings. The summed E-state index contributed by atoms with van der Waals surface area (Å²) in [5.41, 5.74) is 0.585. The molecule has 2 amide bonds. The zero-order chi connectivity index (χ0) is 23.2. The van der Waals surface area contributed by atoms with Gasteiger partial charge in [0.25, 0.3) is 11.8 Å². The van der Waals surface area contributed by atoms with Gasteiger partial charge in [-0.1, -0.05) is 24.3 Å². The molecule has 0 N–H and O–H groups in total. The summed E-state index contributed by atoms with van der Waals surface area (Å²) >= 11 is 1.60. The molecule has 2 heterocycles. The molecule has 1 aliphatic rings. The van der Waals surface area contributed by atoms with Crippen molar-refractivity contribution in [3.8, 4) is 11.5 Å². The number of carbonyl (C=O) groups is 2. The number of hydrogen-bond acceptors (Lipinski definition) is 5. The number of halogens is 2. The van der Waals surface area contributed by atoms with Gasteiger partial charge in [0.15, 0.2) is 0 Å². The molecular formula is C24H22F2N2O4S. The molecule has 6 nitrogen and oxygen atoms in total. The molecule has 1 fully saturated rings. The molecule has 9 heteroatoms. The van der Waals surface area contributed by atoms with Crippen LogP contribution in [0.3, 0.4) is 0 Å². The number of alkyl halides is 2. The van der Waals surface area contributed by atoms with Crippen molar-refractivity contribution >= 4 is 23.2 Å². The van der Waals surface area contributed by atoms with Crippen LogP contribution in [0.5, 0.6) is 11.5 Å². The molecule has 0 aliphatic carbocycles. The molecular weight excluding hydrogens is 450 g/mol. The van der Waals surface area contributed by atoms with Crippen LogP contribution in [0.2, 0.25) is 0 Å². The van der Waals surface area contributed by atoms with Gasteiger partial charge in [-0.05, 0) is 41.8 Å².